The number of carbonyl (C=O) groups is 1. The third-order valence-corrected chi connectivity index (χ3v) is 5.85. The molecule has 0 aliphatic carbocycles. The zero-order chi connectivity index (χ0) is 19.8. The first-order valence-electron chi connectivity index (χ1n) is 9.41. The third kappa shape index (κ3) is 3.44. The van der Waals surface area contributed by atoms with Crippen molar-refractivity contribution in [3.8, 4) is 5.82 Å². The van der Waals surface area contributed by atoms with Crippen molar-refractivity contribution in [1.29, 1.82) is 0 Å². The maximum absolute atomic E-state index is 12.9. The lowest BCUT2D eigenvalue weighted by molar-refractivity contribution is 0.0746. The second-order valence-electron chi connectivity index (χ2n) is 6.97. The Bertz CT molecular complexity index is 1160. The summed E-state index contributed by atoms with van der Waals surface area (Å²) < 4.78 is 2.75. The van der Waals surface area contributed by atoms with Crippen LogP contribution < -0.4 is 4.90 Å². The van der Waals surface area contributed by atoms with E-state index in [1.165, 1.54) is 0 Å². The molecule has 1 aliphatic heterocycles. The van der Waals surface area contributed by atoms with E-state index in [0.29, 0.717) is 24.5 Å². The summed E-state index contributed by atoms with van der Waals surface area (Å²) in [5.74, 6) is 1.57. The minimum Gasteiger partial charge on any atom is -0.352 e. The van der Waals surface area contributed by atoms with Gasteiger partial charge in [-0.05, 0) is 43.3 Å². The fourth-order valence-corrected chi connectivity index (χ4v) is 4.18. The highest BCUT2D eigenvalue weighted by atomic mass is 32.1. The Balaban J connectivity index is 1.24. The minimum absolute atomic E-state index is 0.0652. The molecule has 0 atom stereocenters. The van der Waals surface area contributed by atoms with Gasteiger partial charge in [-0.25, -0.2) is 9.67 Å². The number of rotatable bonds is 3. The lowest BCUT2D eigenvalue weighted by Crippen LogP contribution is -2.49. The fourth-order valence-electron chi connectivity index (χ4n) is 3.46. The molecule has 5 rings (SSSR count). The van der Waals surface area contributed by atoms with Crippen LogP contribution in [0.25, 0.3) is 16.0 Å². The summed E-state index contributed by atoms with van der Waals surface area (Å²) >= 11 is 1.55. The van der Waals surface area contributed by atoms with Crippen molar-refractivity contribution in [2.45, 2.75) is 6.92 Å². The molecule has 0 unspecified atom stereocenters. The normalized spacial score (nSPS) is 14.5. The molecule has 9 heteroatoms. The molecule has 3 aromatic heterocycles. The number of fused-ring (bicyclic) bond motifs is 1. The van der Waals surface area contributed by atoms with Gasteiger partial charge in [-0.3, -0.25) is 4.79 Å². The van der Waals surface area contributed by atoms with Crippen molar-refractivity contribution in [2.75, 3.05) is 31.1 Å². The minimum atomic E-state index is 0.0652. The summed E-state index contributed by atoms with van der Waals surface area (Å²) in [4.78, 5) is 21.2. The van der Waals surface area contributed by atoms with E-state index in [1.54, 1.807) is 21.5 Å². The SMILES string of the molecule is Cc1ccn(-c2ccc(N3CCN(C(=O)c4ccc5ncsc5c4)CC3)nn2)n1. The van der Waals surface area contributed by atoms with Gasteiger partial charge in [0, 0.05) is 37.9 Å². The van der Waals surface area contributed by atoms with E-state index < -0.39 is 0 Å². The van der Waals surface area contributed by atoms with Crippen molar-refractivity contribution < 1.29 is 4.79 Å². The number of anilines is 1. The molecule has 1 aliphatic rings. The van der Waals surface area contributed by atoms with Crippen molar-refractivity contribution in [3.05, 3.63) is 59.4 Å². The van der Waals surface area contributed by atoms with E-state index in [0.717, 1.165) is 34.8 Å². The number of piperazine rings is 1. The molecule has 1 amide bonds. The number of hydrogen-bond donors (Lipinski definition) is 0. The highest BCUT2D eigenvalue weighted by Gasteiger charge is 2.23. The second kappa shape index (κ2) is 7.25. The average Bonchev–Trinajstić information content (AvgIpc) is 3.42. The smallest absolute Gasteiger partial charge is 0.254 e. The molecule has 0 spiro atoms. The van der Waals surface area contributed by atoms with Crippen LogP contribution in [0.2, 0.25) is 0 Å². The maximum Gasteiger partial charge on any atom is 0.254 e. The van der Waals surface area contributed by atoms with E-state index >= 15 is 0 Å². The maximum atomic E-state index is 12.9. The van der Waals surface area contributed by atoms with E-state index in [4.69, 9.17) is 0 Å². The van der Waals surface area contributed by atoms with E-state index in [-0.39, 0.29) is 5.91 Å². The highest BCUT2D eigenvalue weighted by Crippen LogP contribution is 2.21. The van der Waals surface area contributed by atoms with Crippen LogP contribution in [-0.4, -0.2) is 61.9 Å². The molecule has 4 heterocycles. The molecule has 1 fully saturated rings. The zero-order valence-electron chi connectivity index (χ0n) is 15.9. The number of thiazole rings is 1. The van der Waals surface area contributed by atoms with E-state index in [9.17, 15) is 4.79 Å². The Morgan fingerprint density at radius 3 is 2.52 bits per heavy atom. The van der Waals surface area contributed by atoms with Crippen LogP contribution in [0, 0.1) is 6.92 Å². The highest BCUT2D eigenvalue weighted by molar-refractivity contribution is 7.16. The van der Waals surface area contributed by atoms with Gasteiger partial charge in [0.1, 0.15) is 0 Å². The number of nitrogens with zero attached hydrogens (tertiary/aromatic N) is 7. The largest absolute Gasteiger partial charge is 0.352 e. The first-order chi connectivity index (χ1) is 14.2. The zero-order valence-corrected chi connectivity index (χ0v) is 16.7. The Hall–Kier alpha value is -3.33. The molecule has 1 saturated heterocycles. The topological polar surface area (TPSA) is 80.0 Å². The molecule has 4 aromatic rings. The third-order valence-electron chi connectivity index (χ3n) is 5.06. The molecule has 1 aromatic carbocycles. The summed E-state index contributed by atoms with van der Waals surface area (Å²) in [5, 5.41) is 13.0. The predicted molar refractivity (Wildman–Crippen MR) is 112 cm³/mol. The summed E-state index contributed by atoms with van der Waals surface area (Å²) in [6, 6.07) is 11.5. The van der Waals surface area contributed by atoms with Crippen LogP contribution in [-0.2, 0) is 0 Å². The van der Waals surface area contributed by atoms with Crippen LogP contribution in [0.4, 0.5) is 5.82 Å². The standard InChI is InChI=1S/C20H19N7OS/c1-14-6-7-27(24-14)19-5-4-18(22-23-19)25-8-10-26(11-9-25)20(28)15-2-3-16-17(12-15)29-13-21-16/h2-7,12-13H,8-11H2,1H3. The summed E-state index contributed by atoms with van der Waals surface area (Å²) in [5.41, 5.74) is 4.39. The second-order valence-corrected chi connectivity index (χ2v) is 7.85. The van der Waals surface area contributed by atoms with E-state index in [1.807, 2.05) is 54.4 Å². The lowest BCUT2D eigenvalue weighted by Gasteiger charge is -2.35. The summed E-state index contributed by atoms with van der Waals surface area (Å²) in [7, 11) is 0. The fraction of sp³-hybridized carbons (Fsp3) is 0.250. The molecule has 0 N–H and O–H groups in total. The van der Waals surface area contributed by atoms with Crippen LogP contribution in [0.15, 0.2) is 48.1 Å². The molecule has 0 radical (unpaired) electrons. The number of amides is 1. The predicted octanol–water partition coefficient (Wildman–Crippen LogP) is 2.54. The molecular weight excluding hydrogens is 386 g/mol. The van der Waals surface area contributed by atoms with Crippen LogP contribution >= 0.6 is 11.3 Å². The number of carbonyl (C=O) groups excluding carboxylic acids is 1. The van der Waals surface area contributed by atoms with Gasteiger partial charge in [0.05, 0.1) is 21.4 Å². The first kappa shape index (κ1) is 17.7. The van der Waals surface area contributed by atoms with Gasteiger partial charge < -0.3 is 9.80 Å². The molecule has 146 valence electrons. The summed E-state index contributed by atoms with van der Waals surface area (Å²) in [6.45, 7) is 4.70. The van der Waals surface area contributed by atoms with Gasteiger partial charge in [-0.15, -0.1) is 21.5 Å². The Morgan fingerprint density at radius 2 is 1.79 bits per heavy atom. The van der Waals surface area contributed by atoms with Crippen LogP contribution in [0.5, 0.6) is 0 Å². The van der Waals surface area contributed by atoms with Gasteiger partial charge in [-0.2, -0.15) is 5.10 Å². The monoisotopic (exact) mass is 405 g/mol. The van der Waals surface area contributed by atoms with Gasteiger partial charge in [0.2, 0.25) is 0 Å². The van der Waals surface area contributed by atoms with Gasteiger partial charge in [-0.1, -0.05) is 0 Å². The lowest BCUT2D eigenvalue weighted by atomic mass is 10.1. The first-order valence-corrected chi connectivity index (χ1v) is 10.3. The van der Waals surface area contributed by atoms with Crippen molar-refractivity contribution in [3.63, 3.8) is 0 Å². The molecule has 0 bridgehead atoms. The number of hydrogen-bond acceptors (Lipinski definition) is 7. The van der Waals surface area contributed by atoms with Crippen molar-refractivity contribution >= 4 is 33.3 Å². The number of aryl methyl sites for hydroxylation is 1. The van der Waals surface area contributed by atoms with Crippen LogP contribution in [0.3, 0.4) is 0 Å². The molecular formula is C20H19N7OS. The van der Waals surface area contributed by atoms with Crippen LogP contribution in [0.1, 0.15) is 16.1 Å². The molecule has 29 heavy (non-hydrogen) atoms. The van der Waals surface area contributed by atoms with Crippen molar-refractivity contribution in [2.24, 2.45) is 0 Å². The molecule has 8 nitrogen and oxygen atoms in total. The number of aromatic nitrogens is 5. The number of benzene rings is 1. The summed E-state index contributed by atoms with van der Waals surface area (Å²) in [6.07, 6.45) is 1.87. The van der Waals surface area contributed by atoms with Gasteiger partial charge in [0.25, 0.3) is 5.91 Å². The quantitative estimate of drug-likeness (QED) is 0.521. The Labute approximate surface area is 171 Å². The Kier molecular flexibility index (Phi) is 4.44. The van der Waals surface area contributed by atoms with Gasteiger partial charge >= 0.3 is 0 Å². The van der Waals surface area contributed by atoms with Gasteiger partial charge in [0.15, 0.2) is 11.6 Å². The molecule has 0 saturated carbocycles. The van der Waals surface area contributed by atoms with E-state index in [2.05, 4.69) is 25.2 Å². The average molecular weight is 405 g/mol. The van der Waals surface area contributed by atoms with Crippen molar-refractivity contribution in [1.82, 2.24) is 29.9 Å². The Morgan fingerprint density at radius 1 is 1.00 bits per heavy atom.